The number of carbonyl (C=O) groups is 2. The van der Waals surface area contributed by atoms with Gasteiger partial charge in [-0.3, -0.25) is 4.79 Å². The number of esters is 1. The third kappa shape index (κ3) is 3.37. The molecule has 1 aromatic rings. The van der Waals surface area contributed by atoms with E-state index in [-0.39, 0.29) is 18.2 Å². The van der Waals surface area contributed by atoms with Crippen LogP contribution in [0.15, 0.2) is 18.2 Å². The Morgan fingerprint density at radius 3 is 2.65 bits per heavy atom. The summed E-state index contributed by atoms with van der Waals surface area (Å²) in [6.45, 7) is -0.127. The van der Waals surface area contributed by atoms with Crippen molar-refractivity contribution < 1.29 is 19.1 Å². The SMILES string of the molecule is CNC(=O)COc1ccc(C(=O)OC)cc1N. The summed E-state index contributed by atoms with van der Waals surface area (Å²) in [5.74, 6) is -0.391. The van der Waals surface area contributed by atoms with Crippen molar-refractivity contribution in [2.24, 2.45) is 0 Å². The molecule has 0 aliphatic carbocycles. The lowest BCUT2D eigenvalue weighted by molar-refractivity contribution is -0.122. The van der Waals surface area contributed by atoms with Gasteiger partial charge >= 0.3 is 5.97 Å². The molecule has 6 nitrogen and oxygen atoms in total. The van der Waals surface area contributed by atoms with Crippen molar-refractivity contribution in [2.45, 2.75) is 0 Å². The van der Waals surface area contributed by atoms with Crippen molar-refractivity contribution in [2.75, 3.05) is 26.5 Å². The number of methoxy groups -OCH3 is 1. The van der Waals surface area contributed by atoms with Gasteiger partial charge in [0.05, 0.1) is 18.4 Å². The zero-order valence-electron chi connectivity index (χ0n) is 9.65. The molecule has 0 heterocycles. The predicted molar refractivity (Wildman–Crippen MR) is 61.8 cm³/mol. The van der Waals surface area contributed by atoms with Gasteiger partial charge in [-0.15, -0.1) is 0 Å². The molecule has 0 unspecified atom stereocenters. The fourth-order valence-electron chi connectivity index (χ4n) is 1.14. The summed E-state index contributed by atoms with van der Waals surface area (Å²) < 4.78 is 9.72. The van der Waals surface area contributed by atoms with Gasteiger partial charge in [0.25, 0.3) is 5.91 Å². The summed E-state index contributed by atoms with van der Waals surface area (Å²) in [6.07, 6.45) is 0. The highest BCUT2D eigenvalue weighted by atomic mass is 16.5. The molecule has 0 saturated heterocycles. The number of likely N-dealkylation sites (N-methyl/N-ethyl adjacent to an activating group) is 1. The third-order valence-electron chi connectivity index (χ3n) is 2.07. The zero-order valence-corrected chi connectivity index (χ0v) is 9.65. The van der Waals surface area contributed by atoms with Gasteiger partial charge in [0, 0.05) is 7.05 Å². The van der Waals surface area contributed by atoms with Gasteiger partial charge in [-0.05, 0) is 18.2 Å². The Morgan fingerprint density at radius 2 is 2.12 bits per heavy atom. The lowest BCUT2D eigenvalue weighted by Gasteiger charge is -2.09. The first-order chi connectivity index (χ1) is 8.08. The molecule has 1 aromatic carbocycles. The average molecular weight is 238 g/mol. The molecule has 1 amide bonds. The quantitative estimate of drug-likeness (QED) is 0.576. The molecule has 3 N–H and O–H groups in total. The van der Waals surface area contributed by atoms with Gasteiger partial charge < -0.3 is 20.5 Å². The van der Waals surface area contributed by atoms with Crippen molar-refractivity contribution in [3.63, 3.8) is 0 Å². The number of hydrogen-bond acceptors (Lipinski definition) is 5. The minimum atomic E-state index is -0.477. The minimum Gasteiger partial charge on any atom is -0.482 e. The number of anilines is 1. The highest BCUT2D eigenvalue weighted by molar-refractivity contribution is 5.91. The van der Waals surface area contributed by atoms with Gasteiger partial charge in [-0.25, -0.2) is 4.79 Å². The Balaban J connectivity index is 2.76. The number of benzene rings is 1. The number of nitrogens with one attached hydrogen (secondary N) is 1. The van der Waals surface area contributed by atoms with E-state index in [2.05, 4.69) is 10.1 Å². The van der Waals surface area contributed by atoms with Crippen molar-refractivity contribution in [3.05, 3.63) is 23.8 Å². The molecule has 0 radical (unpaired) electrons. The van der Waals surface area contributed by atoms with Crippen molar-refractivity contribution >= 4 is 17.6 Å². The molecular formula is C11H14N2O4. The number of nitrogens with two attached hydrogens (primary N) is 1. The third-order valence-corrected chi connectivity index (χ3v) is 2.07. The topological polar surface area (TPSA) is 90.6 Å². The summed E-state index contributed by atoms with van der Waals surface area (Å²) in [4.78, 5) is 22.2. The van der Waals surface area contributed by atoms with Crippen molar-refractivity contribution in [3.8, 4) is 5.75 Å². The highest BCUT2D eigenvalue weighted by Gasteiger charge is 2.09. The predicted octanol–water partition coefficient (Wildman–Crippen LogP) is 0.180. The van der Waals surface area contributed by atoms with Gasteiger partial charge in [0.2, 0.25) is 0 Å². The number of hydrogen-bond donors (Lipinski definition) is 2. The maximum absolute atomic E-state index is 11.2. The Labute approximate surface area is 98.7 Å². The van der Waals surface area contributed by atoms with Crippen LogP contribution >= 0.6 is 0 Å². The Hall–Kier alpha value is -2.24. The van der Waals surface area contributed by atoms with Crippen LogP contribution in [0.2, 0.25) is 0 Å². The normalized spacial score (nSPS) is 9.53. The maximum atomic E-state index is 11.2. The fraction of sp³-hybridized carbons (Fsp3) is 0.273. The first kappa shape index (κ1) is 12.8. The second-order valence-electron chi connectivity index (χ2n) is 3.21. The summed E-state index contributed by atoms with van der Waals surface area (Å²) in [7, 11) is 2.80. The van der Waals surface area contributed by atoms with Crippen LogP contribution in [0, 0.1) is 0 Å². The van der Waals surface area contributed by atoms with Crippen LogP contribution < -0.4 is 15.8 Å². The van der Waals surface area contributed by atoms with E-state index in [0.717, 1.165) is 0 Å². The average Bonchev–Trinajstić information content (AvgIpc) is 2.35. The molecule has 92 valence electrons. The minimum absolute atomic E-state index is 0.127. The van der Waals surface area contributed by atoms with E-state index in [1.54, 1.807) is 0 Å². The Kier molecular flexibility index (Phi) is 4.33. The van der Waals surface area contributed by atoms with E-state index in [4.69, 9.17) is 10.5 Å². The lowest BCUT2D eigenvalue weighted by Crippen LogP contribution is -2.25. The smallest absolute Gasteiger partial charge is 0.337 e. The molecule has 0 atom stereocenters. The Morgan fingerprint density at radius 1 is 1.41 bits per heavy atom. The molecular weight excluding hydrogens is 224 g/mol. The maximum Gasteiger partial charge on any atom is 0.337 e. The first-order valence-corrected chi connectivity index (χ1v) is 4.89. The van der Waals surface area contributed by atoms with E-state index in [9.17, 15) is 9.59 Å². The van der Waals surface area contributed by atoms with Crippen LogP contribution in [0.4, 0.5) is 5.69 Å². The second kappa shape index (κ2) is 5.74. The van der Waals surface area contributed by atoms with Gasteiger partial charge in [0.1, 0.15) is 5.75 Å². The molecule has 0 spiro atoms. The molecule has 0 fully saturated rings. The highest BCUT2D eigenvalue weighted by Crippen LogP contribution is 2.22. The molecule has 0 aliphatic heterocycles. The van der Waals surface area contributed by atoms with Crippen LogP contribution in [0.25, 0.3) is 0 Å². The molecule has 0 saturated carbocycles. The number of amides is 1. The van der Waals surface area contributed by atoms with E-state index in [1.807, 2.05) is 0 Å². The number of ether oxygens (including phenoxy) is 2. The number of rotatable bonds is 4. The van der Waals surface area contributed by atoms with Crippen LogP contribution in [0.5, 0.6) is 5.75 Å². The van der Waals surface area contributed by atoms with E-state index in [1.165, 1.54) is 32.4 Å². The van der Waals surface area contributed by atoms with Gasteiger partial charge in [0.15, 0.2) is 6.61 Å². The number of nitrogen functional groups attached to an aromatic ring is 1. The summed E-state index contributed by atoms with van der Waals surface area (Å²) in [6, 6.07) is 4.47. The van der Waals surface area contributed by atoms with E-state index < -0.39 is 5.97 Å². The van der Waals surface area contributed by atoms with Crippen LogP contribution in [0.1, 0.15) is 10.4 Å². The largest absolute Gasteiger partial charge is 0.482 e. The van der Waals surface area contributed by atoms with Crippen LogP contribution in [-0.2, 0) is 9.53 Å². The summed E-state index contributed by atoms with van der Waals surface area (Å²) in [5.41, 5.74) is 6.28. The van der Waals surface area contributed by atoms with E-state index in [0.29, 0.717) is 11.3 Å². The molecule has 17 heavy (non-hydrogen) atoms. The molecule has 0 aliphatic rings. The van der Waals surface area contributed by atoms with Crippen LogP contribution in [0.3, 0.4) is 0 Å². The standard InChI is InChI=1S/C11H14N2O4/c1-13-10(14)6-17-9-4-3-7(5-8(9)12)11(15)16-2/h3-5H,6,12H2,1-2H3,(H,13,14). The van der Waals surface area contributed by atoms with E-state index >= 15 is 0 Å². The molecule has 0 bridgehead atoms. The second-order valence-corrected chi connectivity index (χ2v) is 3.21. The lowest BCUT2D eigenvalue weighted by atomic mass is 10.2. The van der Waals surface area contributed by atoms with Gasteiger partial charge in [-0.1, -0.05) is 0 Å². The molecule has 0 aromatic heterocycles. The monoisotopic (exact) mass is 238 g/mol. The Bertz CT molecular complexity index is 431. The van der Waals surface area contributed by atoms with Crippen LogP contribution in [-0.4, -0.2) is 32.6 Å². The van der Waals surface area contributed by atoms with Crippen molar-refractivity contribution in [1.29, 1.82) is 0 Å². The fourth-order valence-corrected chi connectivity index (χ4v) is 1.14. The van der Waals surface area contributed by atoms with Gasteiger partial charge in [-0.2, -0.15) is 0 Å². The van der Waals surface area contributed by atoms with Crippen molar-refractivity contribution in [1.82, 2.24) is 5.32 Å². The number of carbonyl (C=O) groups excluding carboxylic acids is 2. The molecule has 1 rings (SSSR count). The summed E-state index contributed by atoms with van der Waals surface area (Å²) in [5, 5.41) is 2.41. The zero-order chi connectivity index (χ0) is 12.8. The molecule has 6 heteroatoms. The summed E-state index contributed by atoms with van der Waals surface area (Å²) >= 11 is 0. The first-order valence-electron chi connectivity index (χ1n) is 4.89.